The Bertz CT molecular complexity index is 618. The summed E-state index contributed by atoms with van der Waals surface area (Å²) < 4.78 is 11.0. The Morgan fingerprint density at radius 1 is 1.38 bits per heavy atom. The quantitative estimate of drug-likeness (QED) is 0.426. The Balaban J connectivity index is 2.95. The maximum Gasteiger partial charge on any atom is 0.262 e. The molecule has 0 aromatic heterocycles. The molecule has 1 aromatic carbocycles. The van der Waals surface area contributed by atoms with Gasteiger partial charge in [-0.2, -0.15) is 5.26 Å². The smallest absolute Gasteiger partial charge is 0.262 e. The van der Waals surface area contributed by atoms with Gasteiger partial charge in [-0.3, -0.25) is 4.79 Å². The molecular formula is C19H26N2O3. The number of nitrogens with one attached hydrogen (secondary N) is 1. The van der Waals surface area contributed by atoms with E-state index >= 15 is 0 Å². The molecule has 0 saturated carbocycles. The van der Waals surface area contributed by atoms with Crippen LogP contribution in [0, 0.1) is 11.3 Å². The molecule has 1 aromatic rings. The van der Waals surface area contributed by atoms with Gasteiger partial charge in [0.2, 0.25) is 0 Å². The predicted molar refractivity (Wildman–Crippen MR) is 94.9 cm³/mol. The lowest BCUT2D eigenvalue weighted by molar-refractivity contribution is -0.117. The second-order valence-corrected chi connectivity index (χ2v) is 5.56. The summed E-state index contributed by atoms with van der Waals surface area (Å²) in [5.74, 6) is 0.874. The molecule has 1 N–H and O–H groups in total. The Morgan fingerprint density at radius 2 is 2.12 bits per heavy atom. The van der Waals surface area contributed by atoms with Gasteiger partial charge in [-0.25, -0.2) is 0 Å². The number of carbonyl (C=O) groups excluding carboxylic acids is 1. The number of nitriles is 1. The van der Waals surface area contributed by atoms with Crippen molar-refractivity contribution in [2.45, 2.75) is 46.1 Å². The third-order valence-corrected chi connectivity index (χ3v) is 3.61. The van der Waals surface area contributed by atoms with Crippen LogP contribution in [0.5, 0.6) is 11.5 Å². The minimum atomic E-state index is -0.367. The van der Waals surface area contributed by atoms with Crippen molar-refractivity contribution in [2.75, 3.05) is 13.7 Å². The average Bonchev–Trinajstić information content (AvgIpc) is 2.60. The average molecular weight is 330 g/mol. The van der Waals surface area contributed by atoms with Crippen molar-refractivity contribution in [1.29, 1.82) is 5.26 Å². The van der Waals surface area contributed by atoms with Crippen LogP contribution in [-0.2, 0) is 4.79 Å². The molecular weight excluding hydrogens is 304 g/mol. The molecule has 24 heavy (non-hydrogen) atoms. The van der Waals surface area contributed by atoms with Gasteiger partial charge in [0.1, 0.15) is 11.6 Å². The molecule has 0 fully saturated rings. The van der Waals surface area contributed by atoms with E-state index < -0.39 is 0 Å². The zero-order valence-corrected chi connectivity index (χ0v) is 14.9. The Morgan fingerprint density at radius 3 is 2.71 bits per heavy atom. The lowest BCUT2D eigenvalue weighted by atomic mass is 10.1. The molecule has 0 spiro atoms. The summed E-state index contributed by atoms with van der Waals surface area (Å²) in [5, 5.41) is 12.0. The van der Waals surface area contributed by atoms with Crippen molar-refractivity contribution < 1.29 is 14.3 Å². The number of nitrogens with zero attached hydrogens (tertiary/aromatic N) is 1. The molecule has 1 rings (SSSR count). The third kappa shape index (κ3) is 5.96. The summed E-state index contributed by atoms with van der Waals surface area (Å²) in [6, 6.07) is 7.33. The summed E-state index contributed by atoms with van der Waals surface area (Å²) in [5.41, 5.74) is 0.780. The normalized spacial score (nSPS) is 12.2. The van der Waals surface area contributed by atoms with Crippen LogP contribution in [0.3, 0.4) is 0 Å². The number of benzene rings is 1. The number of hydrogen-bond acceptors (Lipinski definition) is 4. The molecule has 0 bridgehead atoms. The van der Waals surface area contributed by atoms with Crippen molar-refractivity contribution >= 4 is 12.0 Å². The molecule has 5 heteroatoms. The van der Waals surface area contributed by atoms with Gasteiger partial charge in [-0.15, -0.1) is 0 Å². The highest BCUT2D eigenvalue weighted by molar-refractivity contribution is 6.01. The highest BCUT2D eigenvalue weighted by atomic mass is 16.5. The number of rotatable bonds is 9. The SMILES string of the molecule is CCCCOc1ccc(/C=C(\C#N)C(=O)N[C@@H](C)CC)cc1OC. The van der Waals surface area contributed by atoms with Crippen molar-refractivity contribution in [3.63, 3.8) is 0 Å². The van der Waals surface area contributed by atoms with Crippen LogP contribution in [-0.4, -0.2) is 25.7 Å². The van der Waals surface area contributed by atoms with Crippen molar-refractivity contribution in [2.24, 2.45) is 0 Å². The van der Waals surface area contributed by atoms with Crippen LogP contribution < -0.4 is 14.8 Å². The molecule has 1 amide bonds. The van der Waals surface area contributed by atoms with Gasteiger partial charge in [0.15, 0.2) is 11.5 Å². The van der Waals surface area contributed by atoms with E-state index in [0.717, 1.165) is 19.3 Å². The van der Waals surface area contributed by atoms with E-state index in [-0.39, 0.29) is 17.5 Å². The lowest BCUT2D eigenvalue weighted by Gasteiger charge is -2.12. The monoisotopic (exact) mass is 330 g/mol. The molecule has 1 atom stereocenters. The van der Waals surface area contributed by atoms with Crippen LogP contribution in [0.25, 0.3) is 6.08 Å². The highest BCUT2D eigenvalue weighted by Crippen LogP contribution is 2.29. The molecule has 0 unspecified atom stereocenters. The zero-order valence-electron chi connectivity index (χ0n) is 14.9. The number of ether oxygens (including phenoxy) is 2. The van der Waals surface area contributed by atoms with Gasteiger partial charge < -0.3 is 14.8 Å². The molecule has 0 saturated heterocycles. The highest BCUT2D eigenvalue weighted by Gasteiger charge is 2.12. The van der Waals surface area contributed by atoms with Crippen LogP contribution in [0.4, 0.5) is 0 Å². The summed E-state index contributed by atoms with van der Waals surface area (Å²) >= 11 is 0. The fourth-order valence-corrected chi connectivity index (χ4v) is 1.94. The van der Waals surface area contributed by atoms with Gasteiger partial charge in [-0.1, -0.05) is 26.3 Å². The van der Waals surface area contributed by atoms with Gasteiger partial charge in [-0.05, 0) is 43.5 Å². The summed E-state index contributed by atoms with van der Waals surface area (Å²) in [4.78, 5) is 12.1. The Hall–Kier alpha value is -2.48. The van der Waals surface area contributed by atoms with Crippen LogP contribution in [0.15, 0.2) is 23.8 Å². The first kappa shape index (κ1) is 19.6. The topological polar surface area (TPSA) is 71.3 Å². The minimum absolute atomic E-state index is 0.0260. The first-order valence-electron chi connectivity index (χ1n) is 8.29. The maximum atomic E-state index is 12.1. The van der Waals surface area contributed by atoms with Gasteiger partial charge >= 0.3 is 0 Å². The fraction of sp³-hybridized carbons (Fsp3) is 0.474. The molecule has 5 nitrogen and oxygen atoms in total. The second-order valence-electron chi connectivity index (χ2n) is 5.56. The lowest BCUT2D eigenvalue weighted by Crippen LogP contribution is -2.32. The van der Waals surface area contributed by atoms with Crippen molar-refractivity contribution in [1.82, 2.24) is 5.32 Å². The standard InChI is InChI=1S/C19H26N2O3/c1-5-7-10-24-17-9-8-15(12-18(17)23-4)11-16(13-20)19(22)21-14(3)6-2/h8-9,11-12,14H,5-7,10H2,1-4H3,(H,21,22)/b16-11+/t14-/m0/s1. The molecule has 130 valence electrons. The summed E-state index contributed by atoms with van der Waals surface area (Å²) in [7, 11) is 1.57. The van der Waals surface area contributed by atoms with Gasteiger partial charge in [0, 0.05) is 6.04 Å². The molecule has 0 heterocycles. The van der Waals surface area contributed by atoms with Crippen LogP contribution in [0.2, 0.25) is 0 Å². The van der Waals surface area contributed by atoms with Gasteiger partial charge in [0.25, 0.3) is 5.91 Å². The maximum absolute atomic E-state index is 12.1. The Labute approximate surface area is 144 Å². The van der Waals surface area contributed by atoms with Gasteiger partial charge in [0.05, 0.1) is 13.7 Å². The third-order valence-electron chi connectivity index (χ3n) is 3.61. The summed E-state index contributed by atoms with van der Waals surface area (Å²) in [6.45, 7) is 6.60. The van der Waals surface area contributed by atoms with E-state index in [0.29, 0.717) is 23.7 Å². The zero-order chi connectivity index (χ0) is 17.9. The largest absolute Gasteiger partial charge is 0.493 e. The number of carbonyl (C=O) groups is 1. The van der Waals surface area contributed by atoms with Crippen LogP contribution in [0.1, 0.15) is 45.6 Å². The number of unbranched alkanes of at least 4 members (excludes halogenated alkanes) is 1. The first-order valence-corrected chi connectivity index (χ1v) is 8.29. The number of amides is 1. The van der Waals surface area contributed by atoms with E-state index in [9.17, 15) is 10.1 Å². The molecule has 0 aliphatic carbocycles. The van der Waals surface area contributed by atoms with E-state index in [2.05, 4.69) is 12.2 Å². The summed E-state index contributed by atoms with van der Waals surface area (Å²) in [6.07, 6.45) is 4.39. The van der Waals surface area contributed by atoms with E-state index in [1.54, 1.807) is 31.4 Å². The number of hydrogen-bond donors (Lipinski definition) is 1. The second kappa shape index (κ2) is 10.3. The Kier molecular flexibility index (Phi) is 8.42. The molecule has 0 radical (unpaired) electrons. The van der Waals surface area contributed by atoms with Crippen molar-refractivity contribution in [3.8, 4) is 17.6 Å². The van der Waals surface area contributed by atoms with E-state index in [1.807, 2.05) is 19.9 Å². The van der Waals surface area contributed by atoms with E-state index in [1.165, 1.54) is 0 Å². The first-order chi connectivity index (χ1) is 11.5. The van der Waals surface area contributed by atoms with E-state index in [4.69, 9.17) is 9.47 Å². The predicted octanol–water partition coefficient (Wildman–Crippen LogP) is 3.70. The molecule has 0 aliphatic heterocycles. The minimum Gasteiger partial charge on any atom is -0.493 e. The van der Waals surface area contributed by atoms with Crippen molar-refractivity contribution in [3.05, 3.63) is 29.3 Å². The fourth-order valence-electron chi connectivity index (χ4n) is 1.94. The van der Waals surface area contributed by atoms with Crippen LogP contribution >= 0.6 is 0 Å². The number of methoxy groups -OCH3 is 1. The molecule has 0 aliphatic rings.